The van der Waals surface area contributed by atoms with E-state index in [4.69, 9.17) is 10.5 Å². The van der Waals surface area contributed by atoms with Gasteiger partial charge in [0.2, 0.25) is 0 Å². The molecule has 0 fully saturated rings. The van der Waals surface area contributed by atoms with Crippen molar-refractivity contribution in [1.29, 1.82) is 0 Å². The van der Waals surface area contributed by atoms with Crippen LogP contribution in [0.5, 0.6) is 5.75 Å². The van der Waals surface area contributed by atoms with Gasteiger partial charge in [0, 0.05) is 12.6 Å². The summed E-state index contributed by atoms with van der Waals surface area (Å²) in [6.07, 6.45) is 0. The lowest BCUT2D eigenvalue weighted by Gasteiger charge is -2.28. The third-order valence-electron chi connectivity index (χ3n) is 3.00. The predicted octanol–water partition coefficient (Wildman–Crippen LogP) is 1.48. The van der Waals surface area contributed by atoms with E-state index in [1.807, 2.05) is 0 Å². The number of likely N-dealkylation sites (N-methyl/N-ethyl adjacent to an activating group) is 1. The Hall–Kier alpha value is -1.69. The summed E-state index contributed by atoms with van der Waals surface area (Å²) in [4.78, 5) is 12.7. The zero-order valence-corrected chi connectivity index (χ0v) is 10.1. The highest BCUT2D eigenvalue weighted by molar-refractivity contribution is 5.97. The molecule has 1 aliphatic heterocycles. The average Bonchev–Trinajstić information content (AvgIpc) is 2.33. The minimum Gasteiger partial charge on any atom is -0.482 e. The molecule has 0 saturated carbocycles. The number of fused-ring (bicyclic) bond motifs is 1. The number of nitrogens with two attached hydrogens (primary N) is 1. The molecule has 0 aliphatic carbocycles. The van der Waals surface area contributed by atoms with Gasteiger partial charge in [-0.1, -0.05) is 0 Å². The standard InChI is InChI=1S/C12H14F2N2O2/c1-7(15)12(13,14)8-3-4-10-9(5-8)16(2)11(17)6-18-10/h3-5,7H,6,15H2,1-2H3. The highest BCUT2D eigenvalue weighted by atomic mass is 19.3. The topological polar surface area (TPSA) is 55.6 Å². The molecule has 6 heteroatoms. The number of hydrogen-bond acceptors (Lipinski definition) is 3. The highest BCUT2D eigenvalue weighted by Gasteiger charge is 2.37. The van der Waals surface area contributed by atoms with Crippen molar-refractivity contribution in [2.45, 2.75) is 18.9 Å². The Kier molecular flexibility index (Phi) is 2.98. The fraction of sp³-hybridized carbons (Fsp3) is 0.417. The number of nitrogens with zero attached hydrogens (tertiary/aromatic N) is 1. The van der Waals surface area contributed by atoms with Crippen LogP contribution in [0, 0.1) is 0 Å². The molecule has 0 bridgehead atoms. The second-order valence-corrected chi connectivity index (χ2v) is 4.34. The minimum atomic E-state index is -3.14. The van der Waals surface area contributed by atoms with E-state index in [0.717, 1.165) is 0 Å². The van der Waals surface area contributed by atoms with Gasteiger partial charge in [-0.3, -0.25) is 4.79 Å². The summed E-state index contributed by atoms with van der Waals surface area (Å²) in [5.74, 6) is -3.00. The van der Waals surface area contributed by atoms with E-state index in [1.165, 1.54) is 37.1 Å². The van der Waals surface area contributed by atoms with Crippen LogP contribution in [0.25, 0.3) is 0 Å². The third kappa shape index (κ3) is 1.92. The molecule has 1 aromatic carbocycles. The molecule has 1 aliphatic rings. The number of ether oxygens (including phenoxy) is 1. The van der Waals surface area contributed by atoms with E-state index in [1.54, 1.807) is 0 Å². The Morgan fingerprint density at radius 2 is 2.17 bits per heavy atom. The number of anilines is 1. The quantitative estimate of drug-likeness (QED) is 0.872. The molecule has 98 valence electrons. The van der Waals surface area contributed by atoms with Crippen molar-refractivity contribution in [2.24, 2.45) is 5.73 Å². The monoisotopic (exact) mass is 256 g/mol. The highest BCUT2D eigenvalue weighted by Crippen LogP contribution is 2.38. The largest absolute Gasteiger partial charge is 0.482 e. The summed E-state index contributed by atoms with van der Waals surface area (Å²) in [5, 5.41) is 0. The Morgan fingerprint density at radius 1 is 1.50 bits per heavy atom. The van der Waals surface area contributed by atoms with E-state index in [0.29, 0.717) is 11.4 Å². The van der Waals surface area contributed by atoms with Crippen molar-refractivity contribution in [1.82, 2.24) is 0 Å². The smallest absolute Gasteiger partial charge is 0.287 e. The van der Waals surface area contributed by atoms with Crippen molar-refractivity contribution in [2.75, 3.05) is 18.6 Å². The molecular formula is C12H14F2N2O2. The number of amides is 1. The van der Waals surface area contributed by atoms with Gasteiger partial charge in [-0.2, -0.15) is 8.78 Å². The zero-order valence-electron chi connectivity index (χ0n) is 10.1. The lowest BCUT2D eigenvalue weighted by molar-refractivity contribution is -0.121. The second kappa shape index (κ2) is 4.20. The van der Waals surface area contributed by atoms with Gasteiger partial charge >= 0.3 is 0 Å². The molecule has 1 atom stereocenters. The lowest BCUT2D eigenvalue weighted by atomic mass is 10.0. The number of hydrogen-bond donors (Lipinski definition) is 1. The van der Waals surface area contributed by atoms with Gasteiger partial charge < -0.3 is 15.4 Å². The zero-order chi connectivity index (χ0) is 13.5. The molecule has 2 rings (SSSR count). The third-order valence-corrected chi connectivity index (χ3v) is 3.00. The number of alkyl halides is 2. The van der Waals surface area contributed by atoms with Crippen molar-refractivity contribution in [3.05, 3.63) is 23.8 Å². The molecule has 0 aromatic heterocycles. The Balaban J connectivity index is 2.47. The molecule has 1 amide bonds. The maximum absolute atomic E-state index is 13.8. The average molecular weight is 256 g/mol. The van der Waals surface area contributed by atoms with Crippen LogP contribution < -0.4 is 15.4 Å². The van der Waals surface area contributed by atoms with E-state index in [9.17, 15) is 13.6 Å². The molecular weight excluding hydrogens is 242 g/mol. The van der Waals surface area contributed by atoms with Gasteiger partial charge in [0.1, 0.15) is 5.75 Å². The van der Waals surface area contributed by atoms with E-state index in [2.05, 4.69) is 0 Å². The Morgan fingerprint density at radius 3 is 2.78 bits per heavy atom. The predicted molar refractivity (Wildman–Crippen MR) is 62.9 cm³/mol. The molecule has 4 nitrogen and oxygen atoms in total. The first-order valence-corrected chi connectivity index (χ1v) is 5.51. The van der Waals surface area contributed by atoms with E-state index in [-0.39, 0.29) is 18.1 Å². The maximum Gasteiger partial charge on any atom is 0.287 e. The normalized spacial score (nSPS) is 17.2. The van der Waals surface area contributed by atoms with E-state index >= 15 is 0 Å². The number of rotatable bonds is 2. The summed E-state index contributed by atoms with van der Waals surface area (Å²) >= 11 is 0. The van der Waals surface area contributed by atoms with Gasteiger partial charge in [-0.15, -0.1) is 0 Å². The van der Waals surface area contributed by atoms with Crippen LogP contribution in [-0.2, 0) is 10.7 Å². The second-order valence-electron chi connectivity index (χ2n) is 4.34. The van der Waals surface area contributed by atoms with Crippen molar-refractivity contribution in [3.8, 4) is 5.75 Å². The Labute approximate surface area is 103 Å². The maximum atomic E-state index is 13.8. The van der Waals surface area contributed by atoms with Gasteiger partial charge in [0.05, 0.1) is 11.7 Å². The molecule has 0 spiro atoms. The fourth-order valence-electron chi connectivity index (χ4n) is 1.74. The SMILES string of the molecule is CC(N)C(F)(F)c1ccc2c(c1)N(C)C(=O)CO2. The van der Waals surface area contributed by atoms with Crippen molar-refractivity contribution in [3.63, 3.8) is 0 Å². The lowest BCUT2D eigenvalue weighted by Crippen LogP contribution is -2.38. The molecule has 1 aromatic rings. The summed E-state index contributed by atoms with van der Waals surface area (Å²) < 4.78 is 32.8. The first kappa shape index (κ1) is 12.8. The number of benzene rings is 1. The molecule has 0 radical (unpaired) electrons. The summed E-state index contributed by atoms with van der Waals surface area (Å²) in [5.41, 5.74) is 5.39. The van der Waals surface area contributed by atoms with Crippen LogP contribution in [0.4, 0.5) is 14.5 Å². The van der Waals surface area contributed by atoms with Crippen LogP contribution in [0.15, 0.2) is 18.2 Å². The van der Waals surface area contributed by atoms with Crippen LogP contribution in [0.2, 0.25) is 0 Å². The molecule has 0 saturated heterocycles. The first-order valence-electron chi connectivity index (χ1n) is 5.51. The summed E-state index contributed by atoms with van der Waals surface area (Å²) in [6, 6.07) is 2.65. The van der Waals surface area contributed by atoms with Crippen LogP contribution in [-0.4, -0.2) is 25.6 Å². The van der Waals surface area contributed by atoms with Gasteiger partial charge in [0.25, 0.3) is 11.8 Å². The van der Waals surface area contributed by atoms with Crippen molar-refractivity contribution < 1.29 is 18.3 Å². The number of carbonyl (C=O) groups is 1. The minimum absolute atomic E-state index is 0.0769. The van der Waals surface area contributed by atoms with Gasteiger partial charge in [-0.05, 0) is 25.1 Å². The van der Waals surface area contributed by atoms with Crippen molar-refractivity contribution >= 4 is 11.6 Å². The molecule has 2 N–H and O–H groups in total. The molecule has 1 unspecified atom stereocenters. The first-order chi connectivity index (χ1) is 8.34. The number of carbonyl (C=O) groups excluding carboxylic acids is 1. The van der Waals surface area contributed by atoms with E-state index < -0.39 is 12.0 Å². The van der Waals surface area contributed by atoms with Crippen LogP contribution in [0.1, 0.15) is 12.5 Å². The summed E-state index contributed by atoms with van der Waals surface area (Å²) in [6.45, 7) is 1.16. The fourth-order valence-corrected chi connectivity index (χ4v) is 1.74. The van der Waals surface area contributed by atoms with Crippen LogP contribution >= 0.6 is 0 Å². The number of halogens is 2. The molecule has 18 heavy (non-hydrogen) atoms. The Bertz CT molecular complexity index is 489. The van der Waals surface area contributed by atoms with Gasteiger partial charge in [-0.25, -0.2) is 0 Å². The molecule has 1 heterocycles. The van der Waals surface area contributed by atoms with Crippen LogP contribution in [0.3, 0.4) is 0 Å². The van der Waals surface area contributed by atoms with Gasteiger partial charge in [0.15, 0.2) is 6.61 Å². The summed E-state index contributed by atoms with van der Waals surface area (Å²) in [7, 11) is 1.53.